The molecule has 1 unspecified atom stereocenters. The number of rotatable bonds is 3. The van der Waals surface area contributed by atoms with E-state index in [2.05, 4.69) is 10.4 Å². The number of nitrogens with two attached hydrogens (primary N) is 1. The Morgan fingerprint density at radius 2 is 2.31 bits per heavy atom. The number of hydrazine groups is 1. The van der Waals surface area contributed by atoms with E-state index in [1.54, 1.807) is 17.5 Å². The van der Waals surface area contributed by atoms with Gasteiger partial charge in [-0.2, -0.15) is 0 Å². The van der Waals surface area contributed by atoms with Crippen LogP contribution in [0.25, 0.3) is 0 Å². The van der Waals surface area contributed by atoms with Gasteiger partial charge < -0.3 is 0 Å². The topological polar surface area (TPSA) is 50.9 Å². The molecule has 3 nitrogen and oxygen atoms in total. The molecule has 0 saturated heterocycles. The van der Waals surface area contributed by atoms with Crippen molar-refractivity contribution in [2.24, 2.45) is 5.84 Å². The van der Waals surface area contributed by atoms with Crippen molar-refractivity contribution in [1.82, 2.24) is 10.4 Å². The second kappa shape index (κ2) is 4.93. The average Bonchev–Trinajstić information content (AvgIpc) is 2.69. The Hall–Kier alpha value is -0.940. The molecule has 5 heteroatoms. The van der Waals surface area contributed by atoms with Gasteiger partial charge in [0, 0.05) is 16.8 Å². The summed E-state index contributed by atoms with van der Waals surface area (Å²) >= 11 is 7.69. The number of nitrogens with one attached hydrogen (secondary N) is 1. The predicted octanol–water partition coefficient (Wildman–Crippen LogP) is 2.66. The van der Waals surface area contributed by atoms with Gasteiger partial charge in [0.2, 0.25) is 0 Å². The zero-order valence-electron chi connectivity index (χ0n) is 8.77. The van der Waals surface area contributed by atoms with E-state index in [4.69, 9.17) is 17.4 Å². The summed E-state index contributed by atoms with van der Waals surface area (Å²) in [6, 6.07) is 5.68. The van der Waals surface area contributed by atoms with Crippen molar-refractivity contribution < 1.29 is 0 Å². The quantitative estimate of drug-likeness (QED) is 0.653. The zero-order valence-corrected chi connectivity index (χ0v) is 10.3. The number of aromatic nitrogens is 1. The summed E-state index contributed by atoms with van der Waals surface area (Å²) < 4.78 is 0. The summed E-state index contributed by atoms with van der Waals surface area (Å²) in [4.78, 5) is 5.27. The maximum absolute atomic E-state index is 6.11. The lowest BCUT2D eigenvalue weighted by Gasteiger charge is -2.16. The molecule has 2 aromatic heterocycles. The Balaban J connectivity index is 2.45. The van der Waals surface area contributed by atoms with E-state index < -0.39 is 0 Å². The van der Waals surface area contributed by atoms with Crippen molar-refractivity contribution in [3.8, 4) is 0 Å². The second-order valence-corrected chi connectivity index (χ2v) is 4.77. The SMILES string of the molecule is Cc1ncccc1C(NN)c1sccc1Cl. The molecule has 0 amide bonds. The molecule has 0 bridgehead atoms. The molecule has 0 radical (unpaired) electrons. The molecule has 1 atom stereocenters. The summed E-state index contributed by atoms with van der Waals surface area (Å²) in [5, 5.41) is 2.68. The van der Waals surface area contributed by atoms with Gasteiger partial charge in [-0.05, 0) is 30.0 Å². The third-order valence-corrected chi connectivity index (χ3v) is 3.86. The minimum atomic E-state index is -0.0961. The fourth-order valence-corrected chi connectivity index (χ4v) is 2.86. The number of pyridine rings is 1. The molecular weight excluding hydrogens is 242 g/mol. The van der Waals surface area contributed by atoms with Crippen LogP contribution in [0, 0.1) is 6.92 Å². The fourth-order valence-electron chi connectivity index (χ4n) is 1.62. The molecular formula is C11H12ClN3S. The van der Waals surface area contributed by atoms with Crippen LogP contribution in [-0.2, 0) is 0 Å². The van der Waals surface area contributed by atoms with Gasteiger partial charge in [0.25, 0.3) is 0 Å². The first-order chi connectivity index (χ1) is 7.74. The lowest BCUT2D eigenvalue weighted by molar-refractivity contribution is 0.640. The summed E-state index contributed by atoms with van der Waals surface area (Å²) in [7, 11) is 0. The third-order valence-electron chi connectivity index (χ3n) is 2.43. The van der Waals surface area contributed by atoms with Gasteiger partial charge in [-0.15, -0.1) is 11.3 Å². The average molecular weight is 254 g/mol. The molecule has 2 heterocycles. The number of hydrogen-bond donors (Lipinski definition) is 2. The molecule has 0 fully saturated rings. The van der Waals surface area contributed by atoms with Crippen molar-refractivity contribution in [3.05, 3.63) is 50.9 Å². The molecule has 0 aliphatic heterocycles. The van der Waals surface area contributed by atoms with Crippen LogP contribution >= 0.6 is 22.9 Å². The number of halogens is 1. The van der Waals surface area contributed by atoms with Crippen LogP contribution in [0.15, 0.2) is 29.8 Å². The molecule has 84 valence electrons. The maximum Gasteiger partial charge on any atom is 0.0834 e. The van der Waals surface area contributed by atoms with Crippen LogP contribution in [0.5, 0.6) is 0 Å². The highest BCUT2D eigenvalue weighted by atomic mass is 35.5. The lowest BCUT2D eigenvalue weighted by Crippen LogP contribution is -2.29. The normalized spacial score (nSPS) is 12.7. The molecule has 0 aliphatic carbocycles. The van der Waals surface area contributed by atoms with Crippen LogP contribution < -0.4 is 11.3 Å². The van der Waals surface area contributed by atoms with Gasteiger partial charge in [0.1, 0.15) is 0 Å². The number of nitrogens with zero attached hydrogens (tertiary/aromatic N) is 1. The van der Waals surface area contributed by atoms with Gasteiger partial charge in [0.05, 0.1) is 11.1 Å². The smallest absolute Gasteiger partial charge is 0.0834 e. The molecule has 16 heavy (non-hydrogen) atoms. The Labute approximate surface area is 103 Å². The first-order valence-corrected chi connectivity index (χ1v) is 6.10. The largest absolute Gasteiger partial charge is 0.271 e. The number of thiophene rings is 1. The highest BCUT2D eigenvalue weighted by Gasteiger charge is 2.18. The van der Waals surface area contributed by atoms with Crippen molar-refractivity contribution >= 4 is 22.9 Å². The van der Waals surface area contributed by atoms with E-state index >= 15 is 0 Å². The van der Waals surface area contributed by atoms with E-state index in [9.17, 15) is 0 Å². The molecule has 0 spiro atoms. The van der Waals surface area contributed by atoms with E-state index in [0.717, 1.165) is 21.2 Å². The van der Waals surface area contributed by atoms with Gasteiger partial charge in [-0.1, -0.05) is 17.7 Å². The molecule has 0 aromatic carbocycles. The van der Waals surface area contributed by atoms with Crippen LogP contribution in [-0.4, -0.2) is 4.98 Å². The van der Waals surface area contributed by atoms with Crippen molar-refractivity contribution in [2.75, 3.05) is 0 Å². The standard InChI is InChI=1S/C11H12ClN3S/c1-7-8(3-2-5-14-7)10(15-13)11-9(12)4-6-16-11/h2-6,10,15H,13H2,1H3. The highest BCUT2D eigenvalue weighted by molar-refractivity contribution is 7.10. The Bertz CT molecular complexity index is 484. The Kier molecular flexibility index (Phi) is 3.56. The van der Waals surface area contributed by atoms with Crippen molar-refractivity contribution in [2.45, 2.75) is 13.0 Å². The third kappa shape index (κ3) is 2.10. The van der Waals surface area contributed by atoms with Crippen LogP contribution in [0.3, 0.4) is 0 Å². The summed E-state index contributed by atoms with van der Waals surface area (Å²) in [5.41, 5.74) is 4.79. The monoisotopic (exact) mass is 253 g/mol. The Morgan fingerprint density at radius 1 is 1.50 bits per heavy atom. The molecule has 2 aromatic rings. The zero-order chi connectivity index (χ0) is 11.5. The summed E-state index contributed by atoms with van der Waals surface area (Å²) in [6.07, 6.45) is 1.77. The van der Waals surface area contributed by atoms with E-state index in [0.29, 0.717) is 0 Å². The van der Waals surface area contributed by atoms with Crippen molar-refractivity contribution in [1.29, 1.82) is 0 Å². The minimum absolute atomic E-state index is 0.0961. The molecule has 0 saturated carbocycles. The van der Waals surface area contributed by atoms with Gasteiger partial charge >= 0.3 is 0 Å². The number of hydrogen-bond acceptors (Lipinski definition) is 4. The van der Waals surface area contributed by atoms with E-state index in [1.807, 2.05) is 30.5 Å². The first-order valence-electron chi connectivity index (χ1n) is 4.84. The van der Waals surface area contributed by atoms with Gasteiger partial charge in [0.15, 0.2) is 0 Å². The molecule has 0 aliphatic rings. The Morgan fingerprint density at radius 3 is 2.88 bits per heavy atom. The summed E-state index contributed by atoms with van der Waals surface area (Å²) in [5.74, 6) is 5.60. The van der Waals surface area contributed by atoms with Crippen LogP contribution in [0.2, 0.25) is 5.02 Å². The first kappa shape index (κ1) is 11.5. The summed E-state index contributed by atoms with van der Waals surface area (Å²) in [6.45, 7) is 1.96. The second-order valence-electron chi connectivity index (χ2n) is 3.41. The fraction of sp³-hybridized carbons (Fsp3) is 0.182. The van der Waals surface area contributed by atoms with Crippen LogP contribution in [0.4, 0.5) is 0 Å². The predicted molar refractivity (Wildman–Crippen MR) is 67.5 cm³/mol. The maximum atomic E-state index is 6.11. The number of aryl methyl sites for hydroxylation is 1. The molecule has 3 N–H and O–H groups in total. The highest BCUT2D eigenvalue weighted by Crippen LogP contribution is 2.33. The van der Waals surface area contributed by atoms with E-state index in [1.165, 1.54) is 0 Å². The lowest BCUT2D eigenvalue weighted by atomic mass is 10.0. The minimum Gasteiger partial charge on any atom is -0.271 e. The van der Waals surface area contributed by atoms with Gasteiger partial charge in [-0.25, -0.2) is 5.43 Å². The van der Waals surface area contributed by atoms with E-state index in [-0.39, 0.29) is 6.04 Å². The molecule has 2 rings (SSSR count). The van der Waals surface area contributed by atoms with Crippen molar-refractivity contribution in [3.63, 3.8) is 0 Å². The van der Waals surface area contributed by atoms with Crippen LogP contribution in [0.1, 0.15) is 22.2 Å². The van der Waals surface area contributed by atoms with Gasteiger partial charge in [-0.3, -0.25) is 10.8 Å².